The largest absolute Gasteiger partial charge is 0.508 e. The summed E-state index contributed by atoms with van der Waals surface area (Å²) in [7, 11) is 0. The Morgan fingerprint density at radius 2 is 0.827 bits per heavy atom. The highest BCUT2D eigenvalue weighted by Gasteiger charge is 2.44. The molecule has 2 aromatic rings. The van der Waals surface area contributed by atoms with Crippen molar-refractivity contribution in [2.75, 3.05) is 18.6 Å². The lowest BCUT2D eigenvalue weighted by Gasteiger charge is -2.32. The van der Waals surface area contributed by atoms with Gasteiger partial charge < -0.3 is 85.3 Å². The molecular weight excluding hydrogens is 1360 g/mol. The number of amides is 12. The molecule has 104 heavy (non-hydrogen) atoms. The number of guanidine groups is 1. The van der Waals surface area contributed by atoms with E-state index in [-0.39, 0.29) is 67.3 Å². The number of benzene rings is 2. The van der Waals surface area contributed by atoms with E-state index in [1.807, 2.05) is 0 Å². The smallest absolute Gasteiger partial charge is 0.320 e. The lowest BCUT2D eigenvalue weighted by Crippen LogP contribution is -2.64. The molecular formula is C71H113N16O16S+. The van der Waals surface area contributed by atoms with Gasteiger partial charge in [0.15, 0.2) is 5.96 Å². The summed E-state index contributed by atoms with van der Waals surface area (Å²) in [6.07, 6.45) is -2.36. The Morgan fingerprint density at radius 1 is 0.471 bits per heavy atom. The summed E-state index contributed by atoms with van der Waals surface area (Å²) in [4.78, 5) is 194. The van der Waals surface area contributed by atoms with Crippen molar-refractivity contribution in [1.82, 2.24) is 63.8 Å². The maximum absolute atomic E-state index is 14.9. The highest BCUT2D eigenvalue weighted by molar-refractivity contribution is 7.98. The second-order valence-corrected chi connectivity index (χ2v) is 28.9. The summed E-state index contributed by atoms with van der Waals surface area (Å²) < 4.78 is 0.237. The number of aliphatic imine (C=N–C) groups is 1. The van der Waals surface area contributed by atoms with Crippen molar-refractivity contribution in [2.24, 2.45) is 52.0 Å². The fraction of sp³-hybridized carbons (Fsp3) is 0.620. The first-order valence-corrected chi connectivity index (χ1v) is 36.7. The van der Waals surface area contributed by atoms with Gasteiger partial charge in [0.1, 0.15) is 72.2 Å². The monoisotopic (exact) mass is 1480 g/mol. The number of carbonyl (C=O) groups is 12. The average Bonchev–Trinajstić information content (AvgIpc) is 0.839. The SMILES string of the molecule is C/C=C1/C(=O)N[C@@H](CCCN=C(N)N)C(=O)N[C@@H](Cc2ccc(O)cc2)C(=O)N[C@@H](CCSC)C(=O)N[C@@H](C(C)C)C(=O)NC([C@@H](C)O)C(=O)N[C@@H](C(C)CC)C(=O)N[C@@H]([C@H](C)O)C(=O)N[C@H](C(C)C)C(=O)N[C@@H](C(C)C)C(=O)N[C@@H](C(C)C)C(=O)N[C@@H](Cc2ccccc2)C(=O)N[C@@H](C(C)C)[N+]1=O. The van der Waals surface area contributed by atoms with Crippen LogP contribution in [0.15, 0.2) is 71.4 Å². The number of hydrogen-bond acceptors (Lipinski definition) is 18. The van der Waals surface area contributed by atoms with Gasteiger partial charge in [-0.05, 0) is 111 Å². The number of rotatable bonds is 20. The van der Waals surface area contributed by atoms with Crippen LogP contribution in [0.5, 0.6) is 5.75 Å². The zero-order valence-corrected chi connectivity index (χ0v) is 63.4. The minimum atomic E-state index is -1.80. The number of aliphatic hydroxyl groups excluding tert-OH is 2. The third kappa shape index (κ3) is 27.8. The van der Waals surface area contributed by atoms with Crippen LogP contribution in [0, 0.1) is 40.4 Å². The van der Waals surface area contributed by atoms with Crippen LogP contribution in [0.2, 0.25) is 0 Å². The molecule has 15 atom stereocenters. The fourth-order valence-corrected chi connectivity index (χ4v) is 11.5. The van der Waals surface area contributed by atoms with E-state index >= 15 is 0 Å². The van der Waals surface area contributed by atoms with Crippen molar-refractivity contribution in [2.45, 2.75) is 227 Å². The Hall–Kier alpha value is -9.24. The molecule has 1 aliphatic rings. The molecule has 1 heterocycles. The summed E-state index contributed by atoms with van der Waals surface area (Å²) in [6, 6.07) is -2.56. The van der Waals surface area contributed by atoms with Crippen molar-refractivity contribution in [1.29, 1.82) is 0 Å². The summed E-state index contributed by atoms with van der Waals surface area (Å²) in [5.74, 6) is -15.9. The number of allylic oxidation sites excluding steroid dienone is 1. The third-order valence-electron chi connectivity index (χ3n) is 17.6. The van der Waals surface area contributed by atoms with E-state index in [1.54, 1.807) is 120 Å². The normalized spacial score (nSPS) is 25.8. The number of nitrogens with two attached hydrogens (primary N) is 2. The topological polar surface area (TPSA) is 494 Å². The number of nitrogens with one attached hydrogen (secondary N) is 12. The molecule has 0 aromatic heterocycles. The zero-order chi connectivity index (χ0) is 78.6. The van der Waals surface area contributed by atoms with Crippen LogP contribution in [-0.2, 0) is 70.4 Å². The van der Waals surface area contributed by atoms with Crippen molar-refractivity contribution in [3.8, 4) is 5.75 Å². The molecule has 3 rings (SSSR count). The first-order chi connectivity index (χ1) is 48.8. The fourth-order valence-electron chi connectivity index (χ4n) is 11.1. The summed E-state index contributed by atoms with van der Waals surface area (Å²) in [5.41, 5.74) is 11.6. The molecule has 0 radical (unpaired) electrons. The van der Waals surface area contributed by atoms with Gasteiger partial charge in [0.05, 0.1) is 17.0 Å². The molecule has 578 valence electrons. The van der Waals surface area contributed by atoms with Gasteiger partial charge in [0.25, 0.3) is 6.17 Å². The maximum Gasteiger partial charge on any atom is 0.320 e. The minimum absolute atomic E-state index is 0.0392. The first-order valence-electron chi connectivity index (χ1n) is 35.3. The minimum Gasteiger partial charge on any atom is -0.508 e. The quantitative estimate of drug-likeness (QED) is 0.0262. The number of nitrogens with zero attached hydrogens (tertiary/aromatic N) is 2. The average molecular weight is 1480 g/mol. The van der Waals surface area contributed by atoms with Gasteiger partial charge in [-0.15, -0.1) is 0 Å². The molecule has 0 spiro atoms. The van der Waals surface area contributed by atoms with Crippen molar-refractivity contribution >= 4 is 88.6 Å². The van der Waals surface area contributed by atoms with Gasteiger partial charge in [0.2, 0.25) is 65.0 Å². The molecule has 2 unspecified atom stereocenters. The van der Waals surface area contributed by atoms with Gasteiger partial charge >= 0.3 is 11.6 Å². The van der Waals surface area contributed by atoms with E-state index in [1.165, 1.54) is 56.8 Å². The molecule has 0 bridgehead atoms. The number of thioether (sulfide) groups is 1. The standard InChI is InChI=1S/C71H112N16O16S/c1-17-40(13)55-68(100)85-56(41(14)88)69(101)82-54(38(9)10)66(98)81-53(37(7)8)65(97)80-51(35(3)4)64(96)78-49(33-43-23-20-19-21-24-43)62(94)86-58(39(11)12)87(103)50(18-2)63(95)76-46(25-22-31-74-71(72)73)59(91)77-48(34-44-26-28-45(90)29-27-44)61(93)75-47(30-32-104-16)60(92)79-52(36(5)6)67(99)84-57(42(15)89)70(102)83-55/h18-21,23-24,26-29,35-42,46-49,51-58,88-89H,17,22,25,30-34H2,1-16H3,(H16-,72,73,74,75,76,77,78,79,80,81,82,83,84,85,86,90,91,92,93,94,95,96,97,98,99,100,101,102)/p+1/b50-18-/t40?,41-,42+,46-,47-,48-,49-,51-,52-,53-,54+,55-,56-,57?,58+/m0/s1. The highest BCUT2D eigenvalue weighted by Crippen LogP contribution is 2.19. The van der Waals surface area contributed by atoms with Crippen LogP contribution in [0.3, 0.4) is 0 Å². The molecule has 2 aromatic carbocycles. The Morgan fingerprint density at radius 3 is 1.24 bits per heavy atom. The molecule has 12 amide bonds. The van der Waals surface area contributed by atoms with E-state index in [2.05, 4.69) is 68.8 Å². The van der Waals surface area contributed by atoms with Crippen LogP contribution < -0.4 is 75.3 Å². The zero-order valence-electron chi connectivity index (χ0n) is 62.6. The highest BCUT2D eigenvalue weighted by atomic mass is 32.2. The Labute approximate surface area is 613 Å². The summed E-state index contributed by atoms with van der Waals surface area (Å²) in [6.45, 7) is 23.0. The van der Waals surface area contributed by atoms with E-state index in [0.717, 1.165) is 6.08 Å². The van der Waals surface area contributed by atoms with Crippen LogP contribution in [0.25, 0.3) is 0 Å². The Kier molecular flexibility index (Phi) is 36.9. The maximum atomic E-state index is 14.9. The molecule has 0 saturated carbocycles. The van der Waals surface area contributed by atoms with Gasteiger partial charge in [-0.2, -0.15) is 11.8 Å². The van der Waals surface area contributed by atoms with E-state index < -0.39 is 197 Å². The predicted molar refractivity (Wildman–Crippen MR) is 392 cm³/mol. The number of aromatic hydroxyl groups is 1. The summed E-state index contributed by atoms with van der Waals surface area (Å²) >= 11 is 1.31. The lowest BCUT2D eigenvalue weighted by atomic mass is 9.96. The van der Waals surface area contributed by atoms with Gasteiger partial charge in [-0.1, -0.05) is 132 Å². The van der Waals surface area contributed by atoms with Crippen molar-refractivity contribution < 1.29 is 77.6 Å². The van der Waals surface area contributed by atoms with Crippen LogP contribution in [-0.4, -0.2) is 200 Å². The second-order valence-electron chi connectivity index (χ2n) is 27.9. The van der Waals surface area contributed by atoms with Crippen molar-refractivity contribution in [3.05, 3.63) is 82.4 Å². The Balaban J connectivity index is 2.35. The lowest BCUT2D eigenvalue weighted by molar-refractivity contribution is -0.547. The van der Waals surface area contributed by atoms with Gasteiger partial charge in [-0.25, -0.2) is 0 Å². The van der Waals surface area contributed by atoms with Crippen molar-refractivity contribution in [3.63, 3.8) is 0 Å². The number of aliphatic hydroxyl groups is 2. The van der Waals surface area contributed by atoms with Crippen LogP contribution in [0.1, 0.15) is 141 Å². The molecule has 1 aliphatic heterocycles. The van der Waals surface area contributed by atoms with E-state index in [0.29, 0.717) is 11.1 Å². The molecule has 32 nitrogen and oxygen atoms in total. The van der Waals surface area contributed by atoms with Gasteiger partial charge in [-0.3, -0.25) is 67.8 Å². The number of phenols is 1. The second kappa shape index (κ2) is 43.1. The number of nitroso groups, excluding NO2 is 1. The molecule has 1 fully saturated rings. The molecule has 0 aliphatic carbocycles. The Bertz CT molecular complexity index is 3330. The first kappa shape index (κ1) is 89.0. The van der Waals surface area contributed by atoms with E-state index in [4.69, 9.17) is 11.5 Å². The molecule has 33 heteroatoms. The number of carbonyl (C=O) groups excluding carboxylic acids is 12. The van der Waals surface area contributed by atoms with Gasteiger partial charge in [0, 0.05) is 30.2 Å². The van der Waals surface area contributed by atoms with E-state index in [9.17, 15) is 77.8 Å². The predicted octanol–water partition coefficient (Wildman–Crippen LogP) is -0.457. The molecule has 19 N–H and O–H groups in total. The number of hydrogen-bond donors (Lipinski definition) is 17. The summed E-state index contributed by atoms with van der Waals surface area (Å²) in [5, 5.41) is 64.0. The van der Waals surface area contributed by atoms with Crippen LogP contribution in [0.4, 0.5) is 0 Å². The number of phenolic OH excluding ortho intramolecular Hbond substituents is 1. The molecule has 1 saturated heterocycles. The van der Waals surface area contributed by atoms with Crippen LogP contribution >= 0.6 is 11.8 Å². The third-order valence-corrected chi connectivity index (χ3v) is 18.2.